The maximum atomic E-state index is 8.84. The highest BCUT2D eigenvalue weighted by atomic mass is 16.5. The van der Waals surface area contributed by atoms with E-state index in [-0.39, 0.29) is 6.42 Å². The Hall–Kier alpha value is -2.68. The number of nitrogens with zero attached hydrogens (tertiary/aromatic N) is 5. The summed E-state index contributed by atoms with van der Waals surface area (Å²) in [6.07, 6.45) is 1.55. The van der Waals surface area contributed by atoms with Crippen LogP contribution < -0.4 is 0 Å². The first kappa shape index (κ1) is 10.5. The van der Waals surface area contributed by atoms with Crippen LogP contribution in [0.3, 0.4) is 0 Å². The lowest BCUT2D eigenvalue weighted by Crippen LogP contribution is -2.06. The van der Waals surface area contributed by atoms with Gasteiger partial charge in [-0.05, 0) is 12.1 Å². The molecule has 0 saturated heterocycles. The van der Waals surface area contributed by atoms with E-state index in [2.05, 4.69) is 21.2 Å². The van der Waals surface area contributed by atoms with Gasteiger partial charge < -0.3 is 9.09 Å². The third-order valence-corrected chi connectivity index (χ3v) is 2.68. The Bertz CT molecular complexity index is 708. The fourth-order valence-corrected chi connectivity index (χ4v) is 1.91. The molecule has 6 nitrogen and oxygen atoms in total. The molecule has 88 valence electrons. The monoisotopic (exact) mass is 239 g/mol. The summed E-state index contributed by atoms with van der Waals surface area (Å²) in [4.78, 5) is 8.43. The van der Waals surface area contributed by atoms with Gasteiger partial charge in [0.1, 0.15) is 5.82 Å². The van der Waals surface area contributed by atoms with Crippen LogP contribution >= 0.6 is 0 Å². The van der Waals surface area contributed by atoms with Crippen molar-refractivity contribution in [2.24, 2.45) is 0 Å². The molecular weight excluding hydrogens is 230 g/mol. The molecule has 0 fully saturated rings. The molecule has 3 rings (SSSR count). The van der Waals surface area contributed by atoms with Crippen molar-refractivity contribution in [1.29, 1.82) is 5.26 Å². The van der Waals surface area contributed by atoms with Gasteiger partial charge in [0.15, 0.2) is 5.82 Å². The van der Waals surface area contributed by atoms with Crippen molar-refractivity contribution < 1.29 is 4.52 Å². The lowest BCUT2D eigenvalue weighted by molar-refractivity contribution is 0.408. The van der Waals surface area contributed by atoms with Crippen LogP contribution in [0, 0.1) is 11.3 Å². The predicted molar refractivity (Wildman–Crippen MR) is 62.5 cm³/mol. The van der Waals surface area contributed by atoms with Crippen LogP contribution in [0.2, 0.25) is 0 Å². The number of imidazole rings is 1. The molecule has 0 radical (unpaired) electrons. The van der Waals surface area contributed by atoms with Crippen molar-refractivity contribution in [2.75, 3.05) is 0 Å². The van der Waals surface area contributed by atoms with E-state index in [0.29, 0.717) is 18.2 Å². The molecule has 6 heteroatoms. The summed E-state index contributed by atoms with van der Waals surface area (Å²) in [7, 11) is 0. The van der Waals surface area contributed by atoms with Crippen molar-refractivity contribution >= 4 is 11.0 Å². The number of rotatable bonds is 3. The van der Waals surface area contributed by atoms with E-state index in [4.69, 9.17) is 9.78 Å². The molecule has 0 aliphatic rings. The molecule has 0 unspecified atom stereocenters. The number of hydrogen-bond donors (Lipinski definition) is 0. The zero-order chi connectivity index (χ0) is 12.4. The molecule has 0 aliphatic heterocycles. The van der Waals surface area contributed by atoms with E-state index in [1.807, 2.05) is 28.8 Å². The average Bonchev–Trinajstić information content (AvgIpc) is 3.00. The molecule has 0 aliphatic carbocycles. The Morgan fingerprint density at radius 2 is 2.22 bits per heavy atom. The zero-order valence-corrected chi connectivity index (χ0v) is 9.45. The summed E-state index contributed by atoms with van der Waals surface area (Å²) >= 11 is 0. The predicted octanol–water partition coefficient (Wildman–Crippen LogP) is 1.53. The Balaban J connectivity index is 2.12. The topological polar surface area (TPSA) is 80.5 Å². The summed E-state index contributed by atoms with van der Waals surface area (Å²) in [6, 6.07) is 9.86. The number of benzene rings is 1. The van der Waals surface area contributed by atoms with E-state index in [1.54, 1.807) is 0 Å². The minimum Gasteiger partial charge on any atom is -0.343 e. The van der Waals surface area contributed by atoms with Gasteiger partial charge in [-0.2, -0.15) is 10.2 Å². The maximum Gasteiger partial charge on any atom is 0.213 e. The minimum atomic E-state index is 0.256. The lowest BCUT2D eigenvalue weighted by Gasteiger charge is -2.03. The van der Waals surface area contributed by atoms with Crippen molar-refractivity contribution in [1.82, 2.24) is 19.7 Å². The molecule has 0 amide bonds. The van der Waals surface area contributed by atoms with Crippen molar-refractivity contribution in [3.05, 3.63) is 42.3 Å². The fraction of sp³-hybridized carbons (Fsp3) is 0.167. The second-order valence-electron chi connectivity index (χ2n) is 3.79. The molecule has 2 aromatic heterocycles. The first-order valence-corrected chi connectivity index (χ1v) is 5.45. The van der Waals surface area contributed by atoms with E-state index in [9.17, 15) is 0 Å². The molecule has 2 heterocycles. The first-order chi connectivity index (χ1) is 8.88. The maximum absolute atomic E-state index is 8.84. The van der Waals surface area contributed by atoms with Gasteiger partial charge in [0.05, 0.1) is 30.1 Å². The highest BCUT2D eigenvalue weighted by molar-refractivity contribution is 5.76. The van der Waals surface area contributed by atoms with Crippen LogP contribution in [0.15, 0.2) is 35.2 Å². The molecule has 0 atom stereocenters. The molecular formula is C12H9N5O. The summed E-state index contributed by atoms with van der Waals surface area (Å²) in [6.45, 7) is 0.452. The number of nitriles is 1. The largest absolute Gasteiger partial charge is 0.343 e. The fourth-order valence-electron chi connectivity index (χ4n) is 1.91. The van der Waals surface area contributed by atoms with Crippen LogP contribution in [0.4, 0.5) is 0 Å². The van der Waals surface area contributed by atoms with Gasteiger partial charge >= 0.3 is 0 Å². The molecule has 3 aromatic rings. The zero-order valence-electron chi connectivity index (χ0n) is 9.45. The summed E-state index contributed by atoms with van der Waals surface area (Å²) < 4.78 is 6.65. The summed E-state index contributed by atoms with van der Waals surface area (Å²) in [5.74, 6) is 1.28. The van der Waals surface area contributed by atoms with Crippen LogP contribution in [0.1, 0.15) is 11.6 Å². The van der Waals surface area contributed by atoms with Gasteiger partial charge in [-0.3, -0.25) is 0 Å². The van der Waals surface area contributed by atoms with Crippen LogP contribution in [-0.4, -0.2) is 19.7 Å². The Morgan fingerprint density at radius 1 is 1.33 bits per heavy atom. The number of aromatic nitrogens is 4. The van der Waals surface area contributed by atoms with Gasteiger partial charge in [0.25, 0.3) is 0 Å². The molecule has 0 N–H and O–H groups in total. The normalized spacial score (nSPS) is 10.6. The number of fused-ring (bicyclic) bond motifs is 1. The van der Waals surface area contributed by atoms with E-state index in [1.165, 1.54) is 6.39 Å². The van der Waals surface area contributed by atoms with Gasteiger partial charge in [-0.15, -0.1) is 0 Å². The van der Waals surface area contributed by atoms with Gasteiger partial charge in [-0.25, -0.2) is 4.98 Å². The van der Waals surface area contributed by atoms with Crippen LogP contribution in [-0.2, 0) is 13.0 Å². The second-order valence-corrected chi connectivity index (χ2v) is 3.79. The van der Waals surface area contributed by atoms with Gasteiger partial charge in [0, 0.05) is 0 Å². The van der Waals surface area contributed by atoms with Gasteiger partial charge in [0.2, 0.25) is 6.39 Å². The minimum absolute atomic E-state index is 0.256. The third-order valence-electron chi connectivity index (χ3n) is 2.68. The highest BCUT2D eigenvalue weighted by Gasteiger charge is 2.11. The quantitative estimate of drug-likeness (QED) is 0.692. The van der Waals surface area contributed by atoms with Crippen molar-refractivity contribution in [3.8, 4) is 6.07 Å². The Labute approximate surface area is 102 Å². The SMILES string of the molecule is N#CCc1nc2ccccc2n1Cc1ncon1. The second kappa shape index (κ2) is 4.30. The van der Waals surface area contributed by atoms with E-state index < -0.39 is 0 Å². The molecule has 0 spiro atoms. The molecule has 0 saturated carbocycles. The summed E-state index contributed by atoms with van der Waals surface area (Å²) in [5.41, 5.74) is 1.83. The van der Waals surface area contributed by atoms with Crippen molar-refractivity contribution in [3.63, 3.8) is 0 Å². The van der Waals surface area contributed by atoms with Crippen molar-refractivity contribution in [2.45, 2.75) is 13.0 Å². The highest BCUT2D eigenvalue weighted by Crippen LogP contribution is 2.17. The third kappa shape index (κ3) is 1.72. The lowest BCUT2D eigenvalue weighted by atomic mass is 10.3. The van der Waals surface area contributed by atoms with Gasteiger partial charge in [-0.1, -0.05) is 17.3 Å². The average molecular weight is 239 g/mol. The first-order valence-electron chi connectivity index (χ1n) is 5.45. The van der Waals surface area contributed by atoms with E-state index in [0.717, 1.165) is 11.0 Å². The number of hydrogen-bond acceptors (Lipinski definition) is 5. The number of para-hydroxylation sites is 2. The Kier molecular flexibility index (Phi) is 2.50. The molecule has 0 bridgehead atoms. The van der Waals surface area contributed by atoms with E-state index >= 15 is 0 Å². The Morgan fingerprint density at radius 3 is 3.00 bits per heavy atom. The smallest absolute Gasteiger partial charge is 0.213 e. The summed E-state index contributed by atoms with van der Waals surface area (Å²) in [5, 5.41) is 12.6. The van der Waals surface area contributed by atoms with Crippen LogP contribution in [0.25, 0.3) is 11.0 Å². The standard InChI is InChI=1S/C12H9N5O/c13-6-5-12-15-9-3-1-2-4-10(9)17(12)7-11-14-8-18-16-11/h1-4,8H,5,7H2. The van der Waals surface area contributed by atoms with Crippen LogP contribution in [0.5, 0.6) is 0 Å². The molecule has 1 aromatic carbocycles. The molecule has 18 heavy (non-hydrogen) atoms.